The molecule has 1 aliphatic carbocycles. The average molecular weight is 299 g/mol. The van der Waals surface area contributed by atoms with Gasteiger partial charge >= 0.3 is 0 Å². The topological polar surface area (TPSA) is 56.0 Å². The molecule has 1 unspecified atom stereocenters. The van der Waals surface area contributed by atoms with Gasteiger partial charge in [-0.05, 0) is 38.3 Å². The summed E-state index contributed by atoms with van der Waals surface area (Å²) in [5, 5.41) is 4.19. The summed E-state index contributed by atoms with van der Waals surface area (Å²) in [4.78, 5) is 18.6. The van der Waals surface area contributed by atoms with Crippen LogP contribution in [0.2, 0.25) is 0 Å². The first-order valence-corrected chi connectivity index (χ1v) is 8.08. The van der Waals surface area contributed by atoms with Gasteiger partial charge in [-0.3, -0.25) is 9.69 Å². The third kappa shape index (κ3) is 2.70. The van der Waals surface area contributed by atoms with E-state index in [0.717, 1.165) is 19.5 Å². The molecule has 0 N–H and O–H groups in total. The maximum Gasteiger partial charge on any atom is 0.266 e. The molecule has 0 spiro atoms. The molecule has 0 amide bonds. The third-order valence-corrected chi connectivity index (χ3v) is 4.72. The molecule has 116 valence electrons. The van der Waals surface area contributed by atoms with E-state index in [1.807, 2.05) is 12.5 Å². The van der Waals surface area contributed by atoms with Gasteiger partial charge in [0, 0.05) is 37.1 Å². The molecule has 2 aromatic heterocycles. The van der Waals surface area contributed by atoms with E-state index in [1.54, 1.807) is 23.0 Å². The summed E-state index contributed by atoms with van der Waals surface area (Å²) >= 11 is 0. The number of aromatic nitrogens is 4. The molecule has 6 nitrogen and oxygen atoms in total. The average Bonchev–Trinajstić information content (AvgIpc) is 3.11. The van der Waals surface area contributed by atoms with Gasteiger partial charge in [0.15, 0.2) is 0 Å². The summed E-state index contributed by atoms with van der Waals surface area (Å²) in [6, 6.07) is 4.32. The lowest BCUT2D eigenvalue weighted by atomic mass is 10.2. The molecule has 4 rings (SSSR count). The minimum Gasteiger partial charge on any atom is -0.330 e. The van der Waals surface area contributed by atoms with E-state index in [2.05, 4.69) is 19.5 Å². The fourth-order valence-corrected chi connectivity index (χ4v) is 3.38. The molecule has 0 radical (unpaired) electrons. The van der Waals surface area contributed by atoms with Crippen molar-refractivity contribution >= 4 is 0 Å². The van der Waals surface area contributed by atoms with Gasteiger partial charge in [-0.2, -0.15) is 5.10 Å². The van der Waals surface area contributed by atoms with Crippen LogP contribution < -0.4 is 5.56 Å². The molecule has 1 atom stereocenters. The van der Waals surface area contributed by atoms with Crippen molar-refractivity contribution in [2.45, 2.75) is 50.9 Å². The predicted octanol–water partition coefficient (Wildman–Crippen LogP) is 1.44. The Balaban J connectivity index is 1.48. The number of imidazole rings is 1. The highest BCUT2D eigenvalue weighted by Crippen LogP contribution is 2.36. The Kier molecular flexibility index (Phi) is 3.54. The Bertz CT molecular complexity index is 702. The molecule has 0 aromatic carbocycles. The Morgan fingerprint density at radius 2 is 2.18 bits per heavy atom. The molecule has 6 heteroatoms. The quantitative estimate of drug-likeness (QED) is 0.838. The second kappa shape index (κ2) is 5.68. The monoisotopic (exact) mass is 299 g/mol. The molecule has 3 heterocycles. The summed E-state index contributed by atoms with van der Waals surface area (Å²) in [5.41, 5.74) is 1.28. The van der Waals surface area contributed by atoms with E-state index in [4.69, 9.17) is 0 Å². The molecular weight excluding hydrogens is 278 g/mol. The Morgan fingerprint density at radius 3 is 3.00 bits per heavy atom. The predicted molar refractivity (Wildman–Crippen MR) is 82.4 cm³/mol. The van der Waals surface area contributed by atoms with Gasteiger partial charge in [-0.1, -0.05) is 0 Å². The molecule has 22 heavy (non-hydrogen) atoms. The SMILES string of the molecule is O=c1cccnn1CC1CCCN1Cc1cncn1C1CC1. The first-order valence-electron chi connectivity index (χ1n) is 8.08. The molecule has 2 fully saturated rings. The lowest BCUT2D eigenvalue weighted by molar-refractivity contribution is 0.212. The number of hydrogen-bond acceptors (Lipinski definition) is 4. The number of nitrogens with zero attached hydrogens (tertiary/aromatic N) is 5. The highest BCUT2D eigenvalue weighted by molar-refractivity contribution is 5.04. The van der Waals surface area contributed by atoms with Crippen molar-refractivity contribution in [3.05, 3.63) is 46.9 Å². The van der Waals surface area contributed by atoms with Crippen LogP contribution in [-0.2, 0) is 13.1 Å². The van der Waals surface area contributed by atoms with Crippen LogP contribution in [0.3, 0.4) is 0 Å². The van der Waals surface area contributed by atoms with Crippen LogP contribution in [0.4, 0.5) is 0 Å². The van der Waals surface area contributed by atoms with Crippen molar-refractivity contribution in [2.75, 3.05) is 6.54 Å². The summed E-state index contributed by atoms with van der Waals surface area (Å²) < 4.78 is 3.91. The smallest absolute Gasteiger partial charge is 0.266 e. The van der Waals surface area contributed by atoms with Crippen molar-refractivity contribution < 1.29 is 0 Å². The van der Waals surface area contributed by atoms with Crippen molar-refractivity contribution in [1.29, 1.82) is 0 Å². The highest BCUT2D eigenvalue weighted by Gasteiger charge is 2.29. The normalized spacial score (nSPS) is 22.3. The molecule has 2 aromatic rings. The minimum absolute atomic E-state index is 0.0163. The van der Waals surface area contributed by atoms with Crippen molar-refractivity contribution in [3.8, 4) is 0 Å². The van der Waals surface area contributed by atoms with Crippen LogP contribution in [0.25, 0.3) is 0 Å². The van der Waals surface area contributed by atoms with Gasteiger partial charge in [0.25, 0.3) is 5.56 Å². The van der Waals surface area contributed by atoms with Gasteiger partial charge in [0.05, 0.1) is 18.6 Å². The Morgan fingerprint density at radius 1 is 1.27 bits per heavy atom. The van der Waals surface area contributed by atoms with Gasteiger partial charge < -0.3 is 4.57 Å². The van der Waals surface area contributed by atoms with Crippen LogP contribution in [0.1, 0.15) is 37.4 Å². The van der Waals surface area contributed by atoms with Gasteiger partial charge in [0.1, 0.15) is 0 Å². The maximum absolute atomic E-state index is 11.9. The summed E-state index contributed by atoms with van der Waals surface area (Å²) in [7, 11) is 0. The molecule has 2 aliphatic rings. The van der Waals surface area contributed by atoms with Crippen molar-refractivity contribution in [3.63, 3.8) is 0 Å². The maximum atomic E-state index is 11.9. The lowest BCUT2D eigenvalue weighted by Crippen LogP contribution is -2.36. The summed E-state index contributed by atoms with van der Waals surface area (Å²) in [6.07, 6.45) is 10.5. The second-order valence-electron chi connectivity index (χ2n) is 6.33. The standard InChI is InChI=1S/C16H21N5O/c22-16-4-1-7-18-21(16)11-14-3-2-8-19(14)10-15-9-17-12-20(15)13-5-6-13/h1,4,7,9,12-14H,2-3,5-6,8,10-11H2. The molecule has 1 saturated heterocycles. The summed E-state index contributed by atoms with van der Waals surface area (Å²) in [5.74, 6) is 0. The van der Waals surface area contributed by atoms with E-state index < -0.39 is 0 Å². The zero-order chi connectivity index (χ0) is 14.9. The first kappa shape index (κ1) is 13.7. The van der Waals surface area contributed by atoms with E-state index in [9.17, 15) is 4.79 Å². The first-order chi connectivity index (χ1) is 10.8. The van der Waals surface area contributed by atoms with Crippen molar-refractivity contribution in [2.24, 2.45) is 0 Å². The zero-order valence-electron chi connectivity index (χ0n) is 12.6. The minimum atomic E-state index is -0.0163. The third-order valence-electron chi connectivity index (χ3n) is 4.72. The number of rotatable bonds is 5. The van der Waals surface area contributed by atoms with Crippen molar-refractivity contribution in [1.82, 2.24) is 24.2 Å². The largest absolute Gasteiger partial charge is 0.330 e. The second-order valence-corrected chi connectivity index (χ2v) is 6.33. The molecule has 1 saturated carbocycles. The van der Waals surface area contributed by atoms with Crippen LogP contribution in [0.15, 0.2) is 35.6 Å². The van der Waals surface area contributed by atoms with Gasteiger partial charge in [0.2, 0.25) is 0 Å². The Labute approximate surface area is 129 Å². The number of likely N-dealkylation sites (tertiary alicyclic amines) is 1. The van der Waals surface area contributed by atoms with Crippen LogP contribution in [0.5, 0.6) is 0 Å². The van der Waals surface area contributed by atoms with E-state index >= 15 is 0 Å². The highest BCUT2D eigenvalue weighted by atomic mass is 16.1. The molecular formula is C16H21N5O. The van der Waals surface area contributed by atoms with E-state index in [-0.39, 0.29) is 5.56 Å². The summed E-state index contributed by atoms with van der Waals surface area (Å²) in [6.45, 7) is 2.68. The zero-order valence-corrected chi connectivity index (χ0v) is 12.6. The lowest BCUT2D eigenvalue weighted by Gasteiger charge is -2.24. The van der Waals surface area contributed by atoms with Crippen LogP contribution >= 0.6 is 0 Å². The van der Waals surface area contributed by atoms with E-state index in [1.165, 1.54) is 25.0 Å². The number of hydrogen-bond donors (Lipinski definition) is 0. The fourth-order valence-electron chi connectivity index (χ4n) is 3.38. The Hall–Kier alpha value is -1.95. The van der Waals surface area contributed by atoms with E-state index in [0.29, 0.717) is 18.6 Å². The fraction of sp³-hybridized carbons (Fsp3) is 0.562. The van der Waals surface area contributed by atoms with Gasteiger partial charge in [-0.25, -0.2) is 9.67 Å². The van der Waals surface area contributed by atoms with Crippen LogP contribution in [-0.4, -0.2) is 36.8 Å². The molecule has 1 aliphatic heterocycles. The van der Waals surface area contributed by atoms with Gasteiger partial charge in [-0.15, -0.1) is 0 Å². The molecule has 0 bridgehead atoms. The van der Waals surface area contributed by atoms with Crippen LogP contribution in [0, 0.1) is 0 Å².